The van der Waals surface area contributed by atoms with Gasteiger partial charge in [0.05, 0.1) is 5.69 Å². The first kappa shape index (κ1) is 12.8. The van der Waals surface area contributed by atoms with Crippen molar-refractivity contribution in [3.8, 4) is 22.6 Å². The second-order valence-corrected chi connectivity index (χ2v) is 5.23. The summed E-state index contributed by atoms with van der Waals surface area (Å²) in [5.74, 6) is 0.672. The van der Waals surface area contributed by atoms with Gasteiger partial charge in [-0.3, -0.25) is 0 Å². The van der Waals surface area contributed by atoms with E-state index in [1.165, 1.54) is 0 Å². The maximum absolute atomic E-state index is 5.81. The SMILES string of the molecule is Nc1cccc(-c2nccc(-c3ccccc3Br)n2)c1. The highest BCUT2D eigenvalue weighted by Gasteiger charge is 2.07. The van der Waals surface area contributed by atoms with Gasteiger partial charge in [-0.05, 0) is 24.3 Å². The average Bonchev–Trinajstić information content (AvgIpc) is 2.48. The van der Waals surface area contributed by atoms with Crippen molar-refractivity contribution in [2.45, 2.75) is 0 Å². The van der Waals surface area contributed by atoms with Gasteiger partial charge in [0.1, 0.15) is 0 Å². The predicted molar refractivity (Wildman–Crippen MR) is 85.0 cm³/mol. The fraction of sp³-hybridized carbons (Fsp3) is 0. The minimum Gasteiger partial charge on any atom is -0.399 e. The highest BCUT2D eigenvalue weighted by Crippen LogP contribution is 2.27. The van der Waals surface area contributed by atoms with Crippen molar-refractivity contribution in [1.82, 2.24) is 9.97 Å². The van der Waals surface area contributed by atoms with Gasteiger partial charge in [-0.2, -0.15) is 0 Å². The Morgan fingerprint density at radius 1 is 0.950 bits per heavy atom. The Morgan fingerprint density at radius 3 is 2.60 bits per heavy atom. The molecule has 4 heteroatoms. The first-order chi connectivity index (χ1) is 9.74. The molecule has 0 aliphatic rings. The third-order valence-corrected chi connectivity index (χ3v) is 3.64. The summed E-state index contributed by atoms with van der Waals surface area (Å²) in [5.41, 5.74) is 9.35. The minimum absolute atomic E-state index is 0.672. The van der Waals surface area contributed by atoms with Crippen LogP contribution in [0.25, 0.3) is 22.6 Å². The molecule has 0 unspecified atom stereocenters. The summed E-state index contributed by atoms with van der Waals surface area (Å²) in [7, 11) is 0. The number of nitrogen functional groups attached to an aromatic ring is 1. The van der Waals surface area contributed by atoms with E-state index in [0.717, 1.165) is 21.3 Å². The van der Waals surface area contributed by atoms with Crippen LogP contribution < -0.4 is 5.73 Å². The van der Waals surface area contributed by atoms with E-state index in [-0.39, 0.29) is 0 Å². The zero-order valence-corrected chi connectivity index (χ0v) is 12.2. The Kier molecular flexibility index (Phi) is 3.48. The Labute approximate surface area is 125 Å². The van der Waals surface area contributed by atoms with Gasteiger partial charge >= 0.3 is 0 Å². The van der Waals surface area contributed by atoms with Gasteiger partial charge in [0.25, 0.3) is 0 Å². The molecule has 0 spiro atoms. The third-order valence-electron chi connectivity index (χ3n) is 2.95. The number of halogens is 1. The highest BCUT2D eigenvalue weighted by molar-refractivity contribution is 9.10. The molecule has 0 bridgehead atoms. The zero-order valence-electron chi connectivity index (χ0n) is 10.6. The lowest BCUT2D eigenvalue weighted by Gasteiger charge is -2.06. The number of aromatic nitrogens is 2. The molecule has 1 aromatic heterocycles. The molecule has 3 rings (SSSR count). The van der Waals surface area contributed by atoms with Crippen LogP contribution in [0, 0.1) is 0 Å². The normalized spacial score (nSPS) is 10.4. The molecule has 0 amide bonds. The van der Waals surface area contributed by atoms with Crippen LogP contribution >= 0.6 is 15.9 Å². The van der Waals surface area contributed by atoms with Gasteiger partial charge < -0.3 is 5.73 Å². The first-order valence-electron chi connectivity index (χ1n) is 6.18. The van der Waals surface area contributed by atoms with Gasteiger partial charge in [-0.15, -0.1) is 0 Å². The Bertz CT molecular complexity index is 756. The largest absolute Gasteiger partial charge is 0.399 e. The summed E-state index contributed by atoms with van der Waals surface area (Å²) in [6.45, 7) is 0. The van der Waals surface area contributed by atoms with E-state index in [9.17, 15) is 0 Å². The van der Waals surface area contributed by atoms with Gasteiger partial charge in [0.15, 0.2) is 5.82 Å². The average molecular weight is 326 g/mol. The molecule has 2 aromatic carbocycles. The Morgan fingerprint density at radius 2 is 1.80 bits per heavy atom. The maximum Gasteiger partial charge on any atom is 0.159 e. The lowest BCUT2D eigenvalue weighted by atomic mass is 10.1. The van der Waals surface area contributed by atoms with Crippen LogP contribution in [0.3, 0.4) is 0 Å². The highest BCUT2D eigenvalue weighted by atomic mass is 79.9. The second kappa shape index (κ2) is 5.43. The first-order valence-corrected chi connectivity index (χ1v) is 6.97. The smallest absolute Gasteiger partial charge is 0.159 e. The van der Waals surface area contributed by atoms with Crippen molar-refractivity contribution >= 4 is 21.6 Å². The van der Waals surface area contributed by atoms with Crippen LogP contribution in [0.15, 0.2) is 65.3 Å². The molecule has 20 heavy (non-hydrogen) atoms. The Balaban J connectivity index is 2.09. The van der Waals surface area contributed by atoms with Crippen LogP contribution in [0.4, 0.5) is 5.69 Å². The topological polar surface area (TPSA) is 51.8 Å². The van der Waals surface area contributed by atoms with Gasteiger partial charge in [0.2, 0.25) is 0 Å². The number of hydrogen-bond donors (Lipinski definition) is 1. The van der Waals surface area contributed by atoms with E-state index in [2.05, 4.69) is 25.9 Å². The van der Waals surface area contributed by atoms with Crippen molar-refractivity contribution in [3.05, 3.63) is 65.3 Å². The summed E-state index contributed by atoms with van der Waals surface area (Å²) < 4.78 is 1.01. The molecule has 98 valence electrons. The van der Waals surface area contributed by atoms with Crippen molar-refractivity contribution < 1.29 is 0 Å². The van der Waals surface area contributed by atoms with E-state index in [1.54, 1.807) is 6.20 Å². The van der Waals surface area contributed by atoms with E-state index < -0.39 is 0 Å². The molecule has 3 nitrogen and oxygen atoms in total. The van der Waals surface area contributed by atoms with E-state index in [0.29, 0.717) is 11.5 Å². The zero-order chi connectivity index (χ0) is 13.9. The molecule has 0 saturated heterocycles. The van der Waals surface area contributed by atoms with Crippen molar-refractivity contribution in [2.75, 3.05) is 5.73 Å². The van der Waals surface area contributed by atoms with E-state index in [1.807, 2.05) is 54.6 Å². The van der Waals surface area contributed by atoms with Crippen LogP contribution in [0.1, 0.15) is 0 Å². The van der Waals surface area contributed by atoms with Crippen LogP contribution in [0.5, 0.6) is 0 Å². The van der Waals surface area contributed by atoms with Gasteiger partial charge in [-0.1, -0.05) is 46.3 Å². The number of nitrogens with two attached hydrogens (primary N) is 1. The summed E-state index contributed by atoms with van der Waals surface area (Å²) in [4.78, 5) is 8.94. The monoisotopic (exact) mass is 325 g/mol. The van der Waals surface area contributed by atoms with Crippen molar-refractivity contribution in [2.24, 2.45) is 0 Å². The predicted octanol–water partition coefficient (Wildman–Crippen LogP) is 4.16. The number of benzene rings is 2. The molecular weight excluding hydrogens is 314 g/mol. The molecule has 0 radical (unpaired) electrons. The Hall–Kier alpha value is -2.20. The molecule has 0 atom stereocenters. The lowest BCUT2D eigenvalue weighted by Crippen LogP contribution is -1.93. The number of anilines is 1. The van der Waals surface area contributed by atoms with Crippen LogP contribution in [-0.4, -0.2) is 9.97 Å². The van der Waals surface area contributed by atoms with Crippen LogP contribution in [-0.2, 0) is 0 Å². The van der Waals surface area contributed by atoms with Crippen LogP contribution in [0.2, 0.25) is 0 Å². The van der Waals surface area contributed by atoms with Gasteiger partial charge in [0, 0.05) is 27.5 Å². The fourth-order valence-electron chi connectivity index (χ4n) is 1.99. The minimum atomic E-state index is 0.672. The van der Waals surface area contributed by atoms with Gasteiger partial charge in [-0.25, -0.2) is 9.97 Å². The lowest BCUT2D eigenvalue weighted by molar-refractivity contribution is 1.18. The van der Waals surface area contributed by atoms with Crippen molar-refractivity contribution in [1.29, 1.82) is 0 Å². The molecular formula is C16H12BrN3. The molecule has 0 aliphatic heterocycles. The molecule has 0 saturated carbocycles. The summed E-state index contributed by atoms with van der Waals surface area (Å²) in [5, 5.41) is 0. The molecule has 0 fully saturated rings. The summed E-state index contributed by atoms with van der Waals surface area (Å²) in [6.07, 6.45) is 1.76. The van der Waals surface area contributed by atoms with E-state index in [4.69, 9.17) is 5.73 Å². The second-order valence-electron chi connectivity index (χ2n) is 4.37. The molecule has 1 heterocycles. The molecule has 3 aromatic rings. The molecule has 2 N–H and O–H groups in total. The summed E-state index contributed by atoms with van der Waals surface area (Å²) in [6, 6.07) is 17.5. The summed E-state index contributed by atoms with van der Waals surface area (Å²) >= 11 is 3.54. The fourth-order valence-corrected chi connectivity index (χ4v) is 2.48. The standard InChI is InChI=1S/C16H12BrN3/c17-14-7-2-1-6-13(14)15-8-9-19-16(20-15)11-4-3-5-12(18)10-11/h1-10H,18H2. The number of nitrogens with zero attached hydrogens (tertiary/aromatic N) is 2. The maximum atomic E-state index is 5.81. The molecule has 0 aliphatic carbocycles. The van der Waals surface area contributed by atoms with Crippen molar-refractivity contribution in [3.63, 3.8) is 0 Å². The third kappa shape index (κ3) is 2.56. The quantitative estimate of drug-likeness (QED) is 0.720. The number of hydrogen-bond acceptors (Lipinski definition) is 3. The van der Waals surface area contributed by atoms with E-state index >= 15 is 0 Å². The number of rotatable bonds is 2.